The summed E-state index contributed by atoms with van der Waals surface area (Å²) < 4.78 is 5.16. The van der Waals surface area contributed by atoms with Gasteiger partial charge in [0.05, 0.1) is 24.0 Å². The lowest BCUT2D eigenvalue weighted by Gasteiger charge is -2.12. The van der Waals surface area contributed by atoms with Gasteiger partial charge in [-0.25, -0.2) is 9.78 Å². The van der Waals surface area contributed by atoms with Crippen molar-refractivity contribution < 1.29 is 14.6 Å². The molecule has 5 nitrogen and oxygen atoms in total. The molecular weight excluding hydrogens is 280 g/mol. The number of ether oxygens (including phenoxy) is 1. The largest absolute Gasteiger partial charge is 0.497 e. The first-order valence-electron chi connectivity index (χ1n) is 6.67. The van der Waals surface area contributed by atoms with E-state index in [4.69, 9.17) is 10.5 Å². The number of nitrogens with zero attached hydrogens (tertiary/aromatic N) is 1. The summed E-state index contributed by atoms with van der Waals surface area (Å²) in [7, 11) is 1.54. The van der Waals surface area contributed by atoms with E-state index in [1.54, 1.807) is 25.3 Å². The lowest BCUT2D eigenvalue weighted by molar-refractivity contribution is 0.0698. The average molecular weight is 294 g/mol. The van der Waals surface area contributed by atoms with Gasteiger partial charge in [-0.05, 0) is 18.2 Å². The fourth-order valence-corrected chi connectivity index (χ4v) is 2.42. The Morgan fingerprint density at radius 1 is 1.18 bits per heavy atom. The summed E-state index contributed by atoms with van der Waals surface area (Å²) in [4.78, 5) is 16.1. The normalized spacial score (nSPS) is 10.6. The first-order valence-corrected chi connectivity index (χ1v) is 6.67. The van der Waals surface area contributed by atoms with Crippen LogP contribution < -0.4 is 10.5 Å². The number of anilines is 1. The summed E-state index contributed by atoms with van der Waals surface area (Å²) in [6, 6.07) is 14.4. The molecular formula is C17H14N2O3. The van der Waals surface area contributed by atoms with Gasteiger partial charge in [0.1, 0.15) is 11.3 Å². The van der Waals surface area contributed by atoms with Gasteiger partial charge in [0, 0.05) is 10.9 Å². The summed E-state index contributed by atoms with van der Waals surface area (Å²) in [5.74, 6) is -0.502. The third kappa shape index (κ3) is 2.22. The van der Waals surface area contributed by atoms with Crippen molar-refractivity contribution in [3.8, 4) is 17.0 Å². The maximum Gasteiger partial charge on any atom is 0.340 e. The van der Waals surface area contributed by atoms with Crippen molar-refractivity contribution in [2.75, 3.05) is 12.8 Å². The lowest BCUT2D eigenvalue weighted by atomic mass is 10.0. The van der Waals surface area contributed by atoms with E-state index in [0.29, 0.717) is 27.9 Å². The molecule has 0 bridgehead atoms. The van der Waals surface area contributed by atoms with Crippen LogP contribution in [0.15, 0.2) is 48.5 Å². The smallest absolute Gasteiger partial charge is 0.340 e. The van der Waals surface area contributed by atoms with Crippen molar-refractivity contribution in [3.63, 3.8) is 0 Å². The van der Waals surface area contributed by atoms with Crippen molar-refractivity contribution in [2.24, 2.45) is 0 Å². The van der Waals surface area contributed by atoms with Crippen LogP contribution in [0, 0.1) is 0 Å². The number of hydrogen-bond donors (Lipinski definition) is 2. The monoisotopic (exact) mass is 294 g/mol. The number of aromatic carboxylic acids is 1. The highest BCUT2D eigenvalue weighted by atomic mass is 16.5. The number of carbonyl (C=O) groups is 1. The van der Waals surface area contributed by atoms with Crippen molar-refractivity contribution in [1.29, 1.82) is 0 Å². The van der Waals surface area contributed by atoms with E-state index in [9.17, 15) is 9.90 Å². The Bertz CT molecular complexity index is 861. The molecule has 0 spiro atoms. The number of pyridine rings is 1. The van der Waals surface area contributed by atoms with E-state index in [1.807, 2.05) is 30.3 Å². The van der Waals surface area contributed by atoms with Gasteiger partial charge in [-0.1, -0.05) is 30.3 Å². The Morgan fingerprint density at radius 2 is 1.91 bits per heavy atom. The minimum Gasteiger partial charge on any atom is -0.497 e. The van der Waals surface area contributed by atoms with Gasteiger partial charge < -0.3 is 15.6 Å². The minimum absolute atomic E-state index is 0.00644. The number of benzene rings is 2. The highest BCUT2D eigenvalue weighted by Gasteiger charge is 2.20. The molecule has 0 aliphatic rings. The number of rotatable bonds is 3. The Kier molecular flexibility index (Phi) is 3.39. The molecule has 0 radical (unpaired) electrons. The molecule has 0 saturated carbocycles. The maximum absolute atomic E-state index is 11.7. The molecule has 0 aliphatic heterocycles. The second-order valence-electron chi connectivity index (χ2n) is 4.80. The molecule has 5 heteroatoms. The Balaban J connectivity index is 2.37. The van der Waals surface area contributed by atoms with Gasteiger partial charge in [-0.2, -0.15) is 0 Å². The summed E-state index contributed by atoms with van der Waals surface area (Å²) in [5, 5.41) is 10.1. The summed E-state index contributed by atoms with van der Waals surface area (Å²) in [5.41, 5.74) is 8.01. The topological polar surface area (TPSA) is 85.4 Å². The molecule has 22 heavy (non-hydrogen) atoms. The predicted octanol–water partition coefficient (Wildman–Crippen LogP) is 3.19. The number of carboxylic acids is 1. The van der Waals surface area contributed by atoms with Gasteiger partial charge in [0.2, 0.25) is 0 Å². The van der Waals surface area contributed by atoms with Gasteiger partial charge in [-0.3, -0.25) is 0 Å². The van der Waals surface area contributed by atoms with Gasteiger partial charge in [0.25, 0.3) is 0 Å². The van der Waals surface area contributed by atoms with Crippen LogP contribution in [0.1, 0.15) is 10.4 Å². The van der Waals surface area contributed by atoms with E-state index in [1.165, 1.54) is 0 Å². The number of hydrogen-bond acceptors (Lipinski definition) is 4. The minimum atomic E-state index is -1.10. The molecule has 2 aromatic carbocycles. The molecule has 3 rings (SSSR count). The number of aromatic nitrogens is 1. The zero-order chi connectivity index (χ0) is 15.7. The third-order valence-electron chi connectivity index (χ3n) is 3.49. The number of nitrogens with two attached hydrogens (primary N) is 1. The molecule has 1 aromatic heterocycles. The number of methoxy groups -OCH3 is 1. The van der Waals surface area contributed by atoms with E-state index in [-0.39, 0.29) is 11.3 Å². The highest BCUT2D eigenvalue weighted by Crippen LogP contribution is 2.33. The first kappa shape index (κ1) is 13.9. The van der Waals surface area contributed by atoms with Crippen LogP contribution in [0.2, 0.25) is 0 Å². The van der Waals surface area contributed by atoms with Gasteiger partial charge in [-0.15, -0.1) is 0 Å². The van der Waals surface area contributed by atoms with Crippen molar-refractivity contribution in [2.45, 2.75) is 0 Å². The lowest BCUT2D eigenvalue weighted by Crippen LogP contribution is -2.08. The zero-order valence-electron chi connectivity index (χ0n) is 11.9. The molecule has 1 heterocycles. The van der Waals surface area contributed by atoms with Crippen LogP contribution in [0.4, 0.5) is 5.69 Å². The number of carboxylic acid groups (broad SMARTS) is 1. The molecule has 3 N–H and O–H groups in total. The van der Waals surface area contributed by atoms with Crippen molar-refractivity contribution in [1.82, 2.24) is 4.98 Å². The van der Waals surface area contributed by atoms with Crippen LogP contribution in [0.3, 0.4) is 0 Å². The number of fused-ring (bicyclic) bond motifs is 1. The summed E-state index contributed by atoms with van der Waals surface area (Å²) in [6.45, 7) is 0. The average Bonchev–Trinajstić information content (AvgIpc) is 2.54. The zero-order valence-corrected chi connectivity index (χ0v) is 11.9. The fourth-order valence-electron chi connectivity index (χ4n) is 2.42. The standard InChI is InChI=1S/C17H14N2O3/c1-22-11-7-8-13-12(9-11)15(18)14(17(20)21)16(19-13)10-5-3-2-4-6-10/h2-9H,1H3,(H2,18,19)(H,20,21). The van der Waals surface area contributed by atoms with Crippen LogP contribution in [-0.4, -0.2) is 23.2 Å². The van der Waals surface area contributed by atoms with Gasteiger partial charge in [0.15, 0.2) is 0 Å². The van der Waals surface area contributed by atoms with Crippen molar-refractivity contribution in [3.05, 3.63) is 54.1 Å². The molecule has 0 aliphatic carbocycles. The van der Waals surface area contributed by atoms with E-state index >= 15 is 0 Å². The van der Waals surface area contributed by atoms with E-state index in [2.05, 4.69) is 4.98 Å². The first-order chi connectivity index (χ1) is 10.6. The molecule has 0 fully saturated rings. The second kappa shape index (κ2) is 5.37. The van der Waals surface area contributed by atoms with Gasteiger partial charge >= 0.3 is 5.97 Å². The van der Waals surface area contributed by atoms with E-state index in [0.717, 1.165) is 0 Å². The highest BCUT2D eigenvalue weighted by molar-refractivity contribution is 6.08. The van der Waals surface area contributed by atoms with Crippen LogP contribution >= 0.6 is 0 Å². The Hall–Kier alpha value is -3.08. The molecule has 0 unspecified atom stereocenters. The number of nitrogen functional groups attached to an aromatic ring is 1. The molecule has 0 saturated heterocycles. The van der Waals surface area contributed by atoms with Crippen LogP contribution in [0.5, 0.6) is 5.75 Å². The third-order valence-corrected chi connectivity index (χ3v) is 3.49. The Labute approximate surface area is 127 Å². The molecule has 0 atom stereocenters. The second-order valence-corrected chi connectivity index (χ2v) is 4.80. The fraction of sp³-hybridized carbons (Fsp3) is 0.0588. The van der Waals surface area contributed by atoms with E-state index < -0.39 is 5.97 Å². The molecule has 3 aromatic rings. The summed E-state index contributed by atoms with van der Waals surface area (Å²) in [6.07, 6.45) is 0. The predicted molar refractivity (Wildman–Crippen MR) is 85.1 cm³/mol. The van der Waals surface area contributed by atoms with Crippen molar-refractivity contribution >= 4 is 22.6 Å². The van der Waals surface area contributed by atoms with Crippen LogP contribution in [-0.2, 0) is 0 Å². The molecule has 110 valence electrons. The summed E-state index contributed by atoms with van der Waals surface area (Å²) >= 11 is 0. The Morgan fingerprint density at radius 3 is 2.55 bits per heavy atom. The SMILES string of the molecule is COc1ccc2nc(-c3ccccc3)c(C(=O)O)c(N)c2c1. The molecule has 0 amide bonds. The maximum atomic E-state index is 11.7. The quantitative estimate of drug-likeness (QED) is 0.774. The van der Waals surface area contributed by atoms with Crippen LogP contribution in [0.25, 0.3) is 22.2 Å².